The van der Waals surface area contributed by atoms with E-state index in [1.165, 1.54) is 12.1 Å². The first-order chi connectivity index (χ1) is 9.78. The van der Waals surface area contributed by atoms with Crippen LogP contribution < -0.4 is 5.73 Å². The predicted octanol–water partition coefficient (Wildman–Crippen LogP) is 2.94. The maximum Gasteiger partial charge on any atom is 0.123 e. The molecule has 20 heavy (non-hydrogen) atoms. The summed E-state index contributed by atoms with van der Waals surface area (Å²) in [5.41, 5.74) is 9.06. The topological polar surface area (TPSA) is 51.8 Å². The fraction of sp³-hybridized carbons (Fsp3) is 0.125. The molecule has 0 unspecified atom stereocenters. The molecule has 3 nitrogen and oxygen atoms in total. The van der Waals surface area contributed by atoms with E-state index in [1.54, 1.807) is 12.3 Å². The number of hydrogen-bond donors (Lipinski definition) is 1. The third kappa shape index (κ3) is 2.38. The van der Waals surface area contributed by atoms with Gasteiger partial charge in [0.2, 0.25) is 0 Å². The van der Waals surface area contributed by atoms with Crippen LogP contribution in [0, 0.1) is 5.82 Å². The number of fused-ring (bicyclic) bond motifs is 1. The van der Waals surface area contributed by atoms with Crippen LogP contribution in [-0.4, -0.2) is 16.5 Å². The van der Waals surface area contributed by atoms with Gasteiger partial charge in [0, 0.05) is 23.6 Å². The first kappa shape index (κ1) is 12.7. The zero-order valence-electron chi connectivity index (χ0n) is 10.9. The molecule has 2 aromatic heterocycles. The van der Waals surface area contributed by atoms with Crippen molar-refractivity contribution in [3.05, 3.63) is 60.2 Å². The Morgan fingerprint density at radius 3 is 2.75 bits per heavy atom. The first-order valence-corrected chi connectivity index (χ1v) is 6.48. The lowest BCUT2D eigenvalue weighted by molar-refractivity contribution is 0.629. The van der Waals surface area contributed by atoms with Crippen molar-refractivity contribution in [3.8, 4) is 11.3 Å². The average Bonchev–Trinajstić information content (AvgIpc) is 2.48. The van der Waals surface area contributed by atoms with Crippen molar-refractivity contribution in [2.45, 2.75) is 6.42 Å². The normalized spacial score (nSPS) is 10.9. The second-order valence-corrected chi connectivity index (χ2v) is 4.57. The molecule has 3 aromatic rings. The van der Waals surface area contributed by atoms with Gasteiger partial charge >= 0.3 is 0 Å². The molecule has 2 heterocycles. The van der Waals surface area contributed by atoms with E-state index in [2.05, 4.69) is 9.97 Å². The number of rotatable bonds is 3. The number of nitrogens with zero attached hydrogens (tertiary/aromatic N) is 2. The quantitative estimate of drug-likeness (QED) is 0.793. The van der Waals surface area contributed by atoms with Crippen LogP contribution in [0.1, 0.15) is 5.69 Å². The maximum atomic E-state index is 13.4. The van der Waals surface area contributed by atoms with Gasteiger partial charge in [-0.25, -0.2) is 4.39 Å². The number of benzene rings is 1. The minimum atomic E-state index is -0.266. The monoisotopic (exact) mass is 267 g/mol. The van der Waals surface area contributed by atoms with E-state index in [-0.39, 0.29) is 5.82 Å². The van der Waals surface area contributed by atoms with Crippen LogP contribution in [0.25, 0.3) is 22.2 Å². The summed E-state index contributed by atoms with van der Waals surface area (Å²) in [7, 11) is 0. The molecule has 0 bridgehead atoms. The summed E-state index contributed by atoms with van der Waals surface area (Å²) in [5.74, 6) is -0.266. The van der Waals surface area contributed by atoms with Crippen LogP contribution in [-0.2, 0) is 6.42 Å². The summed E-state index contributed by atoms with van der Waals surface area (Å²) >= 11 is 0. The summed E-state index contributed by atoms with van der Waals surface area (Å²) in [5, 5.41) is 0.770. The number of nitrogens with two attached hydrogens (primary N) is 1. The summed E-state index contributed by atoms with van der Waals surface area (Å²) in [6.07, 6.45) is 2.40. The fourth-order valence-electron chi connectivity index (χ4n) is 2.26. The molecule has 1 aromatic carbocycles. The molecule has 2 N–H and O–H groups in total. The highest BCUT2D eigenvalue weighted by molar-refractivity contribution is 5.84. The second kappa shape index (κ2) is 5.35. The maximum absolute atomic E-state index is 13.4. The fourth-order valence-corrected chi connectivity index (χ4v) is 2.26. The number of hydrogen-bond acceptors (Lipinski definition) is 3. The van der Waals surface area contributed by atoms with Crippen LogP contribution in [0.3, 0.4) is 0 Å². The smallest absolute Gasteiger partial charge is 0.123 e. The molecule has 0 spiro atoms. The number of pyridine rings is 2. The standard InChI is InChI=1S/C16H14FN3/c17-12-4-5-14-11(9-12)10-13(16(20-14)6-7-18)15-3-1-2-8-19-15/h1-5,8-10H,6-7,18H2. The zero-order chi connectivity index (χ0) is 13.9. The molecule has 100 valence electrons. The Hall–Kier alpha value is -2.33. The molecule has 4 heteroatoms. The van der Waals surface area contributed by atoms with Gasteiger partial charge in [-0.2, -0.15) is 0 Å². The summed E-state index contributed by atoms with van der Waals surface area (Å²) in [6.45, 7) is 0.513. The largest absolute Gasteiger partial charge is 0.330 e. The molecule has 0 atom stereocenters. The molecule has 0 saturated heterocycles. The number of halogens is 1. The van der Waals surface area contributed by atoms with Crippen LogP contribution in [0.2, 0.25) is 0 Å². The van der Waals surface area contributed by atoms with Crippen molar-refractivity contribution in [3.63, 3.8) is 0 Å². The summed E-state index contributed by atoms with van der Waals surface area (Å²) in [6, 6.07) is 12.2. The van der Waals surface area contributed by atoms with Crippen LogP contribution >= 0.6 is 0 Å². The van der Waals surface area contributed by atoms with Gasteiger partial charge in [-0.05, 0) is 42.9 Å². The van der Waals surface area contributed by atoms with Gasteiger partial charge in [0.05, 0.1) is 16.9 Å². The van der Waals surface area contributed by atoms with Gasteiger partial charge in [-0.1, -0.05) is 6.07 Å². The molecule has 0 aliphatic rings. The molecular weight excluding hydrogens is 253 g/mol. The van der Waals surface area contributed by atoms with Gasteiger partial charge in [0.1, 0.15) is 5.82 Å². The van der Waals surface area contributed by atoms with E-state index in [0.29, 0.717) is 13.0 Å². The van der Waals surface area contributed by atoms with Crippen molar-refractivity contribution in [1.29, 1.82) is 0 Å². The minimum absolute atomic E-state index is 0.266. The van der Waals surface area contributed by atoms with Crippen molar-refractivity contribution in [2.75, 3.05) is 6.54 Å². The van der Waals surface area contributed by atoms with E-state index in [0.717, 1.165) is 27.9 Å². The Morgan fingerprint density at radius 1 is 1.10 bits per heavy atom. The lowest BCUT2D eigenvalue weighted by atomic mass is 10.0. The highest BCUT2D eigenvalue weighted by atomic mass is 19.1. The molecule has 0 radical (unpaired) electrons. The van der Waals surface area contributed by atoms with E-state index in [9.17, 15) is 4.39 Å². The van der Waals surface area contributed by atoms with E-state index < -0.39 is 0 Å². The van der Waals surface area contributed by atoms with Gasteiger partial charge in [-0.3, -0.25) is 9.97 Å². The predicted molar refractivity (Wildman–Crippen MR) is 77.7 cm³/mol. The second-order valence-electron chi connectivity index (χ2n) is 4.57. The summed E-state index contributed by atoms with van der Waals surface area (Å²) < 4.78 is 13.4. The Labute approximate surface area is 116 Å². The first-order valence-electron chi connectivity index (χ1n) is 6.48. The third-order valence-electron chi connectivity index (χ3n) is 3.18. The van der Waals surface area contributed by atoms with E-state index in [1.807, 2.05) is 24.3 Å². The van der Waals surface area contributed by atoms with Crippen LogP contribution in [0.4, 0.5) is 4.39 Å². The van der Waals surface area contributed by atoms with E-state index >= 15 is 0 Å². The molecular formula is C16H14FN3. The molecule has 0 aliphatic carbocycles. The molecule has 0 aliphatic heterocycles. The lowest BCUT2D eigenvalue weighted by Crippen LogP contribution is -2.06. The van der Waals surface area contributed by atoms with Crippen LogP contribution in [0.5, 0.6) is 0 Å². The molecule has 0 saturated carbocycles. The van der Waals surface area contributed by atoms with Crippen LogP contribution in [0.15, 0.2) is 48.7 Å². The van der Waals surface area contributed by atoms with Gasteiger partial charge < -0.3 is 5.73 Å². The van der Waals surface area contributed by atoms with E-state index in [4.69, 9.17) is 5.73 Å². The molecule has 3 rings (SSSR count). The molecule has 0 fully saturated rings. The molecule has 0 amide bonds. The minimum Gasteiger partial charge on any atom is -0.330 e. The number of aromatic nitrogens is 2. The highest BCUT2D eigenvalue weighted by Crippen LogP contribution is 2.25. The lowest BCUT2D eigenvalue weighted by Gasteiger charge is -2.09. The van der Waals surface area contributed by atoms with Crippen molar-refractivity contribution < 1.29 is 4.39 Å². The van der Waals surface area contributed by atoms with Crippen molar-refractivity contribution in [2.24, 2.45) is 5.73 Å². The van der Waals surface area contributed by atoms with Gasteiger partial charge in [0.25, 0.3) is 0 Å². The average molecular weight is 267 g/mol. The highest BCUT2D eigenvalue weighted by Gasteiger charge is 2.10. The van der Waals surface area contributed by atoms with Crippen molar-refractivity contribution in [1.82, 2.24) is 9.97 Å². The van der Waals surface area contributed by atoms with Gasteiger partial charge in [-0.15, -0.1) is 0 Å². The Kier molecular flexibility index (Phi) is 3.39. The van der Waals surface area contributed by atoms with Crippen molar-refractivity contribution >= 4 is 10.9 Å². The third-order valence-corrected chi connectivity index (χ3v) is 3.18. The Morgan fingerprint density at radius 2 is 2.00 bits per heavy atom. The van der Waals surface area contributed by atoms with Gasteiger partial charge in [0.15, 0.2) is 0 Å². The SMILES string of the molecule is NCCc1nc2ccc(F)cc2cc1-c1ccccn1. The summed E-state index contributed by atoms with van der Waals surface area (Å²) in [4.78, 5) is 8.94. The Bertz CT molecular complexity index is 741. The Balaban J connectivity index is 2.24. The zero-order valence-corrected chi connectivity index (χ0v) is 10.9.